The van der Waals surface area contributed by atoms with Gasteiger partial charge in [0.05, 0.1) is 18.6 Å². The molecule has 1 N–H and O–H groups in total. The van der Waals surface area contributed by atoms with Crippen LogP contribution in [0.15, 0.2) is 72.1 Å². The highest BCUT2D eigenvalue weighted by molar-refractivity contribution is 7.10. The van der Waals surface area contributed by atoms with E-state index in [0.717, 1.165) is 5.56 Å². The van der Waals surface area contributed by atoms with Gasteiger partial charge in [0.2, 0.25) is 5.91 Å². The predicted molar refractivity (Wildman–Crippen MR) is 113 cm³/mol. The maximum atomic E-state index is 12.8. The third-order valence-corrected chi connectivity index (χ3v) is 5.89. The molecule has 0 unspecified atom stereocenters. The Morgan fingerprint density at radius 2 is 1.70 bits per heavy atom. The quantitative estimate of drug-likeness (QED) is 0.630. The Kier molecular flexibility index (Phi) is 6.43. The summed E-state index contributed by atoms with van der Waals surface area (Å²) in [5.41, 5.74) is 3.55. The van der Waals surface area contributed by atoms with Crippen molar-refractivity contribution < 1.29 is 4.79 Å². The maximum Gasteiger partial charge on any atom is 0.236 e. The number of rotatable bonds is 7. The lowest BCUT2D eigenvalue weighted by Gasteiger charge is -2.27. The first-order valence-corrected chi connectivity index (χ1v) is 10.1. The third-order valence-electron chi connectivity index (χ3n) is 4.95. The van der Waals surface area contributed by atoms with Crippen LogP contribution in [-0.4, -0.2) is 24.4 Å². The molecule has 140 valence electrons. The van der Waals surface area contributed by atoms with Crippen molar-refractivity contribution in [2.75, 3.05) is 13.6 Å². The van der Waals surface area contributed by atoms with Gasteiger partial charge >= 0.3 is 0 Å². The van der Waals surface area contributed by atoms with Gasteiger partial charge in [-0.25, -0.2) is 0 Å². The number of hydrogen-bond acceptors (Lipinski definition) is 3. The molecule has 3 nitrogen and oxygen atoms in total. The standard InChI is InChI=1S/C23H26N2OS/c1-17-11-13-20(14-12-17)23(21-10-7-15-27-21)24-16-22(26)25(3)18(2)19-8-5-4-6-9-19/h4-15,18,23-24H,16H2,1-3H3/t18-,23+/m0/s1. The van der Waals surface area contributed by atoms with Crippen molar-refractivity contribution >= 4 is 17.2 Å². The molecule has 3 rings (SSSR count). The second kappa shape index (κ2) is 8.98. The summed E-state index contributed by atoms with van der Waals surface area (Å²) in [5.74, 6) is 0.0834. The van der Waals surface area contributed by atoms with Gasteiger partial charge in [0.15, 0.2) is 0 Å². The number of carbonyl (C=O) groups excluding carboxylic acids is 1. The lowest BCUT2D eigenvalue weighted by molar-refractivity contribution is -0.130. The molecule has 1 amide bonds. The monoisotopic (exact) mass is 378 g/mol. The number of nitrogens with one attached hydrogen (secondary N) is 1. The van der Waals surface area contributed by atoms with Crippen molar-refractivity contribution in [1.29, 1.82) is 0 Å². The zero-order chi connectivity index (χ0) is 19.2. The normalized spacial score (nSPS) is 13.1. The van der Waals surface area contributed by atoms with Gasteiger partial charge in [-0.3, -0.25) is 10.1 Å². The number of amides is 1. The number of likely N-dealkylation sites (N-methyl/N-ethyl adjacent to an activating group) is 1. The molecule has 27 heavy (non-hydrogen) atoms. The number of hydrogen-bond donors (Lipinski definition) is 1. The Morgan fingerprint density at radius 3 is 2.33 bits per heavy atom. The molecular weight excluding hydrogens is 352 g/mol. The van der Waals surface area contributed by atoms with Crippen LogP contribution in [0.3, 0.4) is 0 Å². The van der Waals surface area contributed by atoms with Gasteiger partial charge < -0.3 is 4.90 Å². The minimum Gasteiger partial charge on any atom is -0.338 e. The summed E-state index contributed by atoms with van der Waals surface area (Å²) >= 11 is 1.71. The minimum atomic E-state index is 0.0231. The Balaban J connectivity index is 1.69. The fraction of sp³-hybridized carbons (Fsp3) is 0.261. The largest absolute Gasteiger partial charge is 0.338 e. The number of carbonyl (C=O) groups is 1. The van der Waals surface area contributed by atoms with Crippen LogP contribution < -0.4 is 5.32 Å². The first-order chi connectivity index (χ1) is 13.1. The molecule has 0 aliphatic rings. The highest BCUT2D eigenvalue weighted by Crippen LogP contribution is 2.26. The van der Waals surface area contributed by atoms with Crippen LogP contribution in [0, 0.1) is 6.92 Å². The summed E-state index contributed by atoms with van der Waals surface area (Å²) in [6, 6.07) is 22.8. The molecule has 4 heteroatoms. The van der Waals surface area contributed by atoms with Gasteiger partial charge in [-0.1, -0.05) is 66.2 Å². The van der Waals surface area contributed by atoms with Crippen LogP contribution >= 0.6 is 11.3 Å². The van der Waals surface area contributed by atoms with Crippen molar-refractivity contribution in [2.24, 2.45) is 0 Å². The van der Waals surface area contributed by atoms with Crippen LogP contribution in [0.25, 0.3) is 0 Å². The lowest BCUT2D eigenvalue weighted by Crippen LogP contribution is -2.38. The van der Waals surface area contributed by atoms with E-state index in [1.54, 1.807) is 11.3 Å². The van der Waals surface area contributed by atoms with Gasteiger partial charge in [-0.2, -0.15) is 0 Å². The fourth-order valence-electron chi connectivity index (χ4n) is 3.08. The second-order valence-corrected chi connectivity index (χ2v) is 7.81. The van der Waals surface area contributed by atoms with E-state index in [1.807, 2.05) is 36.2 Å². The number of aryl methyl sites for hydroxylation is 1. The molecule has 1 aromatic heterocycles. The highest BCUT2D eigenvalue weighted by atomic mass is 32.1. The zero-order valence-corrected chi connectivity index (χ0v) is 16.9. The first kappa shape index (κ1) is 19.3. The average Bonchev–Trinajstić information content (AvgIpc) is 3.23. The molecule has 3 aromatic rings. The molecule has 0 fully saturated rings. The summed E-state index contributed by atoms with van der Waals surface area (Å²) < 4.78 is 0. The second-order valence-electron chi connectivity index (χ2n) is 6.83. The fourth-order valence-corrected chi connectivity index (χ4v) is 3.91. The van der Waals surface area contributed by atoms with E-state index in [9.17, 15) is 4.79 Å². The number of nitrogens with zero attached hydrogens (tertiary/aromatic N) is 1. The van der Waals surface area contributed by atoms with Crippen LogP contribution in [0.4, 0.5) is 0 Å². The first-order valence-electron chi connectivity index (χ1n) is 9.20. The van der Waals surface area contributed by atoms with Gasteiger partial charge in [-0.05, 0) is 36.4 Å². The van der Waals surface area contributed by atoms with Crippen molar-refractivity contribution in [3.63, 3.8) is 0 Å². The summed E-state index contributed by atoms with van der Waals surface area (Å²) in [5, 5.41) is 5.54. The predicted octanol–water partition coefficient (Wildman–Crippen LogP) is 4.96. The Morgan fingerprint density at radius 1 is 1.00 bits per heavy atom. The van der Waals surface area contributed by atoms with Crippen LogP contribution in [0.5, 0.6) is 0 Å². The van der Waals surface area contributed by atoms with E-state index in [-0.39, 0.29) is 18.0 Å². The molecule has 2 aromatic carbocycles. The minimum absolute atomic E-state index is 0.0231. The molecule has 0 saturated carbocycles. The molecule has 1 heterocycles. The summed E-state index contributed by atoms with van der Waals surface area (Å²) in [4.78, 5) is 15.8. The molecule has 0 saturated heterocycles. The van der Waals surface area contributed by atoms with Crippen molar-refractivity contribution in [2.45, 2.75) is 25.9 Å². The average molecular weight is 379 g/mol. The Labute approximate surface area is 165 Å². The van der Waals surface area contributed by atoms with Gasteiger partial charge in [0.1, 0.15) is 0 Å². The van der Waals surface area contributed by atoms with E-state index in [4.69, 9.17) is 0 Å². The third kappa shape index (κ3) is 4.85. The molecule has 0 bridgehead atoms. The molecular formula is C23H26N2OS. The van der Waals surface area contributed by atoms with Crippen LogP contribution in [0.1, 0.15) is 40.6 Å². The smallest absolute Gasteiger partial charge is 0.236 e. The van der Waals surface area contributed by atoms with E-state index >= 15 is 0 Å². The SMILES string of the molecule is Cc1ccc([C@@H](NCC(=O)N(C)[C@@H](C)c2ccccc2)c2cccs2)cc1. The lowest BCUT2D eigenvalue weighted by atomic mass is 10.0. The highest BCUT2D eigenvalue weighted by Gasteiger charge is 2.20. The van der Waals surface area contributed by atoms with E-state index in [2.05, 4.69) is 67.0 Å². The zero-order valence-electron chi connectivity index (χ0n) is 16.1. The Hall–Kier alpha value is -2.43. The van der Waals surface area contributed by atoms with Crippen molar-refractivity contribution in [3.8, 4) is 0 Å². The number of thiophene rings is 1. The summed E-state index contributed by atoms with van der Waals surface area (Å²) in [6.45, 7) is 4.44. The van der Waals surface area contributed by atoms with Crippen LogP contribution in [0.2, 0.25) is 0 Å². The van der Waals surface area contributed by atoms with Gasteiger partial charge in [0, 0.05) is 11.9 Å². The van der Waals surface area contributed by atoms with E-state index < -0.39 is 0 Å². The van der Waals surface area contributed by atoms with Gasteiger partial charge in [-0.15, -0.1) is 11.3 Å². The van der Waals surface area contributed by atoms with Gasteiger partial charge in [0.25, 0.3) is 0 Å². The molecule has 0 aliphatic heterocycles. The van der Waals surface area contributed by atoms with E-state index in [0.29, 0.717) is 6.54 Å². The maximum absolute atomic E-state index is 12.8. The molecule has 0 aliphatic carbocycles. The van der Waals surface area contributed by atoms with Crippen molar-refractivity contribution in [1.82, 2.24) is 10.2 Å². The van der Waals surface area contributed by atoms with Crippen LogP contribution in [-0.2, 0) is 4.79 Å². The topological polar surface area (TPSA) is 32.3 Å². The van der Waals surface area contributed by atoms with E-state index in [1.165, 1.54) is 16.0 Å². The number of benzene rings is 2. The summed E-state index contributed by atoms with van der Waals surface area (Å²) in [7, 11) is 1.87. The van der Waals surface area contributed by atoms with Crippen molar-refractivity contribution in [3.05, 3.63) is 93.7 Å². The summed E-state index contributed by atoms with van der Waals surface area (Å²) in [6.07, 6.45) is 0. The molecule has 2 atom stereocenters. The Bertz CT molecular complexity index is 844. The molecule has 0 radical (unpaired) electrons. The molecule has 0 spiro atoms.